The molecular weight excluding hydrogens is 452 g/mol. The molecule has 0 amide bonds. The normalized spacial score (nSPS) is 16.7. The molecule has 0 aromatic heterocycles. The molecule has 0 spiro atoms. The Morgan fingerprint density at radius 1 is 1.31 bits per heavy atom. The number of halogens is 2. The van der Waals surface area contributed by atoms with Gasteiger partial charge >= 0.3 is 0 Å². The molecule has 0 fully saturated rings. The van der Waals surface area contributed by atoms with Crippen LogP contribution >= 0.6 is 31.9 Å². The molecular formula is C22H28Br2N2. The maximum atomic E-state index is 4.62. The van der Waals surface area contributed by atoms with Gasteiger partial charge in [-0.2, -0.15) is 0 Å². The van der Waals surface area contributed by atoms with Gasteiger partial charge in [-0.3, -0.25) is 0 Å². The molecule has 0 radical (unpaired) electrons. The van der Waals surface area contributed by atoms with Gasteiger partial charge in [0.15, 0.2) is 0 Å². The van der Waals surface area contributed by atoms with Gasteiger partial charge < -0.3 is 4.90 Å². The minimum Gasteiger partial charge on any atom is -0.366 e. The zero-order valence-corrected chi connectivity index (χ0v) is 19.3. The number of hydrogen-bond acceptors (Lipinski definition) is 1. The predicted molar refractivity (Wildman–Crippen MR) is 121 cm³/mol. The average Bonchev–Trinajstić information content (AvgIpc) is 2.98. The quantitative estimate of drug-likeness (QED) is 0.242. The fraction of sp³-hybridized carbons (Fsp3) is 0.409. The van der Waals surface area contributed by atoms with E-state index in [0.29, 0.717) is 5.92 Å². The van der Waals surface area contributed by atoms with E-state index in [1.54, 1.807) is 0 Å². The predicted octanol–water partition coefficient (Wildman–Crippen LogP) is 6.66. The second kappa shape index (κ2) is 9.70. The molecule has 140 valence electrons. The van der Waals surface area contributed by atoms with Crippen LogP contribution in [0.1, 0.15) is 38.3 Å². The van der Waals surface area contributed by atoms with Gasteiger partial charge in [0.25, 0.3) is 0 Å². The molecule has 1 aliphatic rings. The smallest absolute Gasteiger partial charge is 0.0909 e. The largest absolute Gasteiger partial charge is 0.366 e. The van der Waals surface area contributed by atoms with Crippen molar-refractivity contribution in [3.05, 3.63) is 67.8 Å². The van der Waals surface area contributed by atoms with E-state index >= 15 is 0 Å². The van der Waals surface area contributed by atoms with Gasteiger partial charge in [-0.25, -0.2) is 4.99 Å². The van der Waals surface area contributed by atoms with Crippen LogP contribution in [-0.2, 0) is 12.8 Å². The Labute approximate surface area is 175 Å². The third kappa shape index (κ3) is 5.95. The Morgan fingerprint density at radius 3 is 2.65 bits per heavy atom. The summed E-state index contributed by atoms with van der Waals surface area (Å²) < 4.78 is 2.21. The van der Waals surface area contributed by atoms with Crippen LogP contribution in [0.15, 0.2) is 61.6 Å². The Hall–Kier alpha value is -1.13. The molecule has 26 heavy (non-hydrogen) atoms. The second-order valence-corrected chi connectivity index (χ2v) is 8.96. The van der Waals surface area contributed by atoms with Crippen molar-refractivity contribution < 1.29 is 0 Å². The van der Waals surface area contributed by atoms with Gasteiger partial charge in [0.05, 0.1) is 12.0 Å². The summed E-state index contributed by atoms with van der Waals surface area (Å²) in [4.78, 5) is 6.68. The monoisotopic (exact) mass is 478 g/mol. The van der Waals surface area contributed by atoms with Crippen LogP contribution in [0, 0.1) is 5.92 Å². The van der Waals surface area contributed by atoms with Crippen molar-refractivity contribution in [1.29, 1.82) is 0 Å². The maximum absolute atomic E-state index is 4.62. The number of nitrogens with zero attached hydrogens (tertiary/aromatic N) is 2. The molecule has 0 N–H and O–H groups in total. The maximum Gasteiger partial charge on any atom is 0.0909 e. The van der Waals surface area contributed by atoms with E-state index in [1.165, 1.54) is 21.2 Å². The van der Waals surface area contributed by atoms with Gasteiger partial charge in [-0.1, -0.05) is 50.1 Å². The molecule has 1 aromatic carbocycles. The standard InChI is InChI=1S/C22H28Br2N2/c1-6-26(5)14-25-22(15(2)3)13-21(24)16(4)9-17-10-18-7-8-20(23)12-19(18)11-17/h7-8,12-14,17H,4,6,9-11H2,1-3,5H3/b21-13+,25-14?. The van der Waals surface area contributed by atoms with Crippen molar-refractivity contribution in [2.24, 2.45) is 10.9 Å². The minimum atomic E-state index is 0.623. The summed E-state index contributed by atoms with van der Waals surface area (Å²) in [6.45, 7) is 11.5. The molecule has 2 nitrogen and oxygen atoms in total. The van der Waals surface area contributed by atoms with Crippen molar-refractivity contribution >= 4 is 38.2 Å². The molecule has 4 heteroatoms. The van der Waals surface area contributed by atoms with E-state index in [2.05, 4.69) is 93.4 Å². The molecule has 0 saturated heterocycles. The third-order valence-corrected chi connectivity index (χ3v) is 6.01. The van der Waals surface area contributed by atoms with Crippen LogP contribution in [0.5, 0.6) is 0 Å². The summed E-state index contributed by atoms with van der Waals surface area (Å²) in [6.07, 6.45) is 7.24. The van der Waals surface area contributed by atoms with Crippen molar-refractivity contribution in [1.82, 2.24) is 4.90 Å². The lowest BCUT2D eigenvalue weighted by Crippen LogP contribution is -2.14. The van der Waals surface area contributed by atoms with Crippen molar-refractivity contribution in [3.8, 4) is 0 Å². The van der Waals surface area contributed by atoms with Crippen LogP contribution in [0.4, 0.5) is 0 Å². The lowest BCUT2D eigenvalue weighted by Gasteiger charge is -2.12. The molecule has 1 unspecified atom stereocenters. The fourth-order valence-electron chi connectivity index (χ4n) is 3.04. The van der Waals surface area contributed by atoms with Gasteiger partial charge in [0.2, 0.25) is 0 Å². The first-order valence-electron chi connectivity index (χ1n) is 9.04. The Balaban J connectivity index is 2.03. The Bertz CT molecular complexity index is 755. The number of hydrogen-bond donors (Lipinski definition) is 0. The van der Waals surface area contributed by atoms with Crippen LogP contribution < -0.4 is 0 Å². The van der Waals surface area contributed by atoms with E-state index in [4.69, 9.17) is 0 Å². The number of rotatable bonds is 7. The van der Waals surface area contributed by atoms with Gasteiger partial charge in [0, 0.05) is 22.5 Å². The SMILES string of the molecule is C=C(CC1Cc2ccc(Br)cc2C1)/C(Br)=C\C(N=CN(C)CC)=C(C)C. The summed E-state index contributed by atoms with van der Waals surface area (Å²) in [6, 6.07) is 6.63. The highest BCUT2D eigenvalue weighted by Gasteiger charge is 2.22. The highest BCUT2D eigenvalue weighted by Crippen LogP contribution is 2.35. The summed E-state index contributed by atoms with van der Waals surface area (Å²) in [7, 11) is 2.03. The van der Waals surface area contributed by atoms with Gasteiger partial charge in [-0.05, 0) is 80.9 Å². The first kappa shape index (κ1) is 21.2. The van der Waals surface area contributed by atoms with E-state index in [0.717, 1.165) is 41.6 Å². The van der Waals surface area contributed by atoms with Crippen molar-refractivity contribution in [2.45, 2.75) is 40.0 Å². The van der Waals surface area contributed by atoms with E-state index < -0.39 is 0 Å². The zero-order chi connectivity index (χ0) is 19.3. The number of fused-ring (bicyclic) bond motifs is 1. The van der Waals surface area contributed by atoms with Crippen LogP contribution in [0.2, 0.25) is 0 Å². The van der Waals surface area contributed by atoms with E-state index in [-0.39, 0.29) is 0 Å². The highest BCUT2D eigenvalue weighted by molar-refractivity contribution is 9.12. The van der Waals surface area contributed by atoms with Crippen molar-refractivity contribution in [2.75, 3.05) is 13.6 Å². The topological polar surface area (TPSA) is 15.6 Å². The van der Waals surface area contributed by atoms with Crippen molar-refractivity contribution in [3.63, 3.8) is 0 Å². The number of aliphatic imine (C=N–C) groups is 1. The first-order valence-corrected chi connectivity index (χ1v) is 10.6. The molecule has 1 aliphatic carbocycles. The first-order chi connectivity index (χ1) is 12.3. The molecule has 0 heterocycles. The van der Waals surface area contributed by atoms with Gasteiger partial charge in [0.1, 0.15) is 0 Å². The van der Waals surface area contributed by atoms with E-state index in [9.17, 15) is 0 Å². The minimum absolute atomic E-state index is 0.623. The van der Waals surface area contributed by atoms with Gasteiger partial charge in [-0.15, -0.1) is 0 Å². The average molecular weight is 480 g/mol. The highest BCUT2D eigenvalue weighted by atomic mass is 79.9. The van der Waals surface area contributed by atoms with E-state index in [1.807, 2.05) is 13.4 Å². The van der Waals surface area contributed by atoms with Crippen LogP contribution in [-0.4, -0.2) is 24.8 Å². The molecule has 1 aromatic rings. The van der Waals surface area contributed by atoms with Crippen LogP contribution in [0.3, 0.4) is 0 Å². The summed E-state index contributed by atoms with van der Waals surface area (Å²) in [5, 5.41) is 0. The molecule has 0 aliphatic heterocycles. The van der Waals surface area contributed by atoms with Crippen LogP contribution in [0.25, 0.3) is 0 Å². The Morgan fingerprint density at radius 2 is 2.00 bits per heavy atom. The summed E-state index contributed by atoms with van der Waals surface area (Å²) >= 11 is 7.30. The Kier molecular flexibility index (Phi) is 7.90. The molecule has 2 rings (SSSR count). The number of benzene rings is 1. The lowest BCUT2D eigenvalue weighted by molar-refractivity contribution is 0.551. The lowest BCUT2D eigenvalue weighted by atomic mass is 9.97. The molecule has 0 bridgehead atoms. The number of allylic oxidation sites excluding steroid dienone is 4. The summed E-state index contributed by atoms with van der Waals surface area (Å²) in [5.41, 5.74) is 6.25. The zero-order valence-electron chi connectivity index (χ0n) is 16.1. The molecule has 1 atom stereocenters. The third-order valence-electron chi connectivity index (χ3n) is 4.73. The second-order valence-electron chi connectivity index (χ2n) is 7.19. The fourth-order valence-corrected chi connectivity index (χ4v) is 3.83. The molecule has 0 saturated carbocycles. The summed E-state index contributed by atoms with van der Waals surface area (Å²) in [5.74, 6) is 0.623.